The molecule has 3 rings (SSSR count). The number of aryl methyl sites for hydroxylation is 2. The van der Waals surface area contributed by atoms with Crippen molar-refractivity contribution in [2.75, 3.05) is 5.32 Å². The van der Waals surface area contributed by atoms with E-state index >= 15 is 0 Å². The third-order valence-electron chi connectivity index (χ3n) is 3.40. The Balaban J connectivity index is 1.97. The van der Waals surface area contributed by atoms with E-state index in [2.05, 4.69) is 24.1 Å². The maximum Gasteiger partial charge on any atom is 0.183 e. The van der Waals surface area contributed by atoms with Crippen LogP contribution in [0.1, 0.15) is 23.1 Å². The van der Waals surface area contributed by atoms with Gasteiger partial charge in [0.25, 0.3) is 0 Å². The maximum atomic E-state index is 6.22. The SMILES string of the molecule is CCc1oc2c(NCc3cnc(Cl)s3)cc(Cl)cc2c1C. The molecule has 0 spiro atoms. The molecule has 110 valence electrons. The topological polar surface area (TPSA) is 38.1 Å². The van der Waals surface area contributed by atoms with Gasteiger partial charge in [0.2, 0.25) is 0 Å². The Bertz CT molecular complexity index is 794. The van der Waals surface area contributed by atoms with Crippen LogP contribution in [0.2, 0.25) is 9.49 Å². The van der Waals surface area contributed by atoms with Crippen molar-refractivity contribution in [1.82, 2.24) is 4.98 Å². The van der Waals surface area contributed by atoms with Crippen molar-refractivity contribution in [3.05, 3.63) is 44.0 Å². The molecule has 0 unspecified atom stereocenters. The van der Waals surface area contributed by atoms with E-state index in [0.717, 1.165) is 39.3 Å². The van der Waals surface area contributed by atoms with Crippen LogP contribution in [0.25, 0.3) is 11.0 Å². The van der Waals surface area contributed by atoms with Crippen LogP contribution in [0.5, 0.6) is 0 Å². The predicted octanol–water partition coefficient (Wildman–Crippen LogP) is 5.68. The number of furan rings is 1. The fraction of sp³-hybridized carbons (Fsp3) is 0.267. The second-order valence-corrected chi connectivity index (χ2v) is 6.90. The number of thiazole rings is 1. The Hall–Kier alpha value is -1.23. The number of hydrogen-bond acceptors (Lipinski definition) is 4. The van der Waals surface area contributed by atoms with Crippen LogP contribution in [0.4, 0.5) is 5.69 Å². The maximum absolute atomic E-state index is 6.22. The van der Waals surface area contributed by atoms with Crippen molar-refractivity contribution in [1.29, 1.82) is 0 Å². The van der Waals surface area contributed by atoms with Crippen LogP contribution >= 0.6 is 34.5 Å². The first-order valence-corrected chi connectivity index (χ1v) is 8.21. The predicted molar refractivity (Wildman–Crippen MR) is 89.8 cm³/mol. The van der Waals surface area contributed by atoms with E-state index in [1.54, 1.807) is 6.20 Å². The summed E-state index contributed by atoms with van der Waals surface area (Å²) in [5.41, 5.74) is 2.90. The summed E-state index contributed by atoms with van der Waals surface area (Å²) in [4.78, 5) is 5.10. The molecule has 3 aromatic rings. The largest absolute Gasteiger partial charge is 0.459 e. The van der Waals surface area contributed by atoms with Crippen molar-refractivity contribution in [2.24, 2.45) is 0 Å². The lowest BCUT2D eigenvalue weighted by molar-refractivity contribution is 0.554. The number of rotatable bonds is 4. The van der Waals surface area contributed by atoms with Crippen molar-refractivity contribution in [3.63, 3.8) is 0 Å². The molecule has 0 aliphatic heterocycles. The number of anilines is 1. The van der Waals surface area contributed by atoms with Gasteiger partial charge in [-0.05, 0) is 24.6 Å². The molecule has 6 heteroatoms. The fourth-order valence-corrected chi connectivity index (χ4v) is 3.48. The average Bonchev–Trinajstić information content (AvgIpc) is 3.01. The van der Waals surface area contributed by atoms with Gasteiger partial charge in [-0.2, -0.15) is 0 Å². The van der Waals surface area contributed by atoms with Crippen molar-refractivity contribution in [3.8, 4) is 0 Å². The Morgan fingerprint density at radius 1 is 1.33 bits per heavy atom. The van der Waals surface area contributed by atoms with Gasteiger partial charge in [0, 0.05) is 27.9 Å². The number of fused-ring (bicyclic) bond motifs is 1. The number of nitrogens with one attached hydrogen (secondary N) is 1. The molecule has 2 aromatic heterocycles. The van der Waals surface area contributed by atoms with E-state index in [1.807, 2.05) is 12.1 Å². The summed E-state index contributed by atoms with van der Waals surface area (Å²) in [6, 6.07) is 3.83. The standard InChI is InChI=1S/C15H14Cl2N2OS/c1-3-13-8(2)11-4-9(16)5-12(14(11)20-13)18-6-10-7-19-15(17)21-10/h4-5,7,18H,3,6H2,1-2H3. The second kappa shape index (κ2) is 5.87. The summed E-state index contributed by atoms with van der Waals surface area (Å²) in [6.07, 6.45) is 2.63. The molecule has 2 heterocycles. The van der Waals surface area contributed by atoms with Crippen LogP contribution in [0.15, 0.2) is 22.7 Å². The second-order valence-electron chi connectivity index (χ2n) is 4.77. The quantitative estimate of drug-likeness (QED) is 0.663. The zero-order valence-corrected chi connectivity index (χ0v) is 14.0. The van der Waals surface area contributed by atoms with Crippen LogP contribution in [-0.4, -0.2) is 4.98 Å². The van der Waals surface area contributed by atoms with Gasteiger partial charge in [0.05, 0.1) is 12.2 Å². The lowest BCUT2D eigenvalue weighted by Gasteiger charge is -2.06. The Labute approximate surface area is 136 Å². The first-order chi connectivity index (χ1) is 10.1. The molecule has 0 aliphatic carbocycles. The number of aromatic nitrogens is 1. The number of halogens is 2. The highest BCUT2D eigenvalue weighted by atomic mass is 35.5. The van der Waals surface area contributed by atoms with Crippen molar-refractivity contribution < 1.29 is 4.42 Å². The van der Waals surface area contributed by atoms with E-state index in [4.69, 9.17) is 27.6 Å². The molecular weight excluding hydrogens is 327 g/mol. The van der Waals surface area contributed by atoms with Crippen molar-refractivity contribution in [2.45, 2.75) is 26.8 Å². The third kappa shape index (κ3) is 2.89. The summed E-state index contributed by atoms with van der Waals surface area (Å²) < 4.78 is 6.51. The first-order valence-electron chi connectivity index (χ1n) is 6.64. The molecule has 0 atom stereocenters. The molecule has 0 amide bonds. The first kappa shape index (κ1) is 14.7. The minimum absolute atomic E-state index is 0.546. The average molecular weight is 341 g/mol. The smallest absolute Gasteiger partial charge is 0.183 e. The fourth-order valence-electron chi connectivity index (χ4n) is 2.35. The molecule has 0 fully saturated rings. The van der Waals surface area contributed by atoms with Gasteiger partial charge in [0.1, 0.15) is 5.76 Å². The number of benzene rings is 1. The third-order valence-corrected chi connectivity index (χ3v) is 4.73. The summed E-state index contributed by atoms with van der Waals surface area (Å²) >= 11 is 13.5. The van der Waals surface area contributed by atoms with E-state index in [1.165, 1.54) is 11.3 Å². The summed E-state index contributed by atoms with van der Waals surface area (Å²) in [7, 11) is 0. The molecule has 1 N–H and O–H groups in total. The Morgan fingerprint density at radius 2 is 2.14 bits per heavy atom. The van der Waals surface area contributed by atoms with Crippen molar-refractivity contribution >= 4 is 51.2 Å². The minimum atomic E-state index is 0.546. The highest BCUT2D eigenvalue weighted by molar-refractivity contribution is 7.15. The molecule has 0 saturated heterocycles. The van der Waals surface area contributed by atoms with E-state index in [9.17, 15) is 0 Å². The number of nitrogens with zero attached hydrogens (tertiary/aromatic N) is 1. The van der Waals surface area contributed by atoms with E-state index in [-0.39, 0.29) is 0 Å². The molecule has 0 bridgehead atoms. The van der Waals surface area contributed by atoms with E-state index in [0.29, 0.717) is 16.0 Å². The molecule has 1 aromatic carbocycles. The monoisotopic (exact) mass is 340 g/mol. The van der Waals surface area contributed by atoms with Gasteiger partial charge in [-0.25, -0.2) is 4.98 Å². The molecule has 0 saturated carbocycles. The van der Waals surface area contributed by atoms with Crippen LogP contribution in [-0.2, 0) is 13.0 Å². The normalized spacial score (nSPS) is 11.2. The summed E-state index contributed by atoms with van der Waals surface area (Å²) in [5, 5.41) is 5.11. The van der Waals surface area contributed by atoms with Gasteiger partial charge in [-0.1, -0.05) is 30.1 Å². The Morgan fingerprint density at radius 3 is 2.81 bits per heavy atom. The van der Waals surface area contributed by atoms with Gasteiger partial charge >= 0.3 is 0 Å². The van der Waals surface area contributed by atoms with Gasteiger partial charge < -0.3 is 9.73 Å². The zero-order chi connectivity index (χ0) is 15.0. The highest BCUT2D eigenvalue weighted by Crippen LogP contribution is 2.34. The molecule has 0 aliphatic rings. The lowest BCUT2D eigenvalue weighted by atomic mass is 10.1. The molecule has 21 heavy (non-hydrogen) atoms. The van der Waals surface area contributed by atoms with Crippen LogP contribution in [0.3, 0.4) is 0 Å². The van der Waals surface area contributed by atoms with Gasteiger partial charge in [-0.15, -0.1) is 11.3 Å². The zero-order valence-electron chi connectivity index (χ0n) is 11.7. The Kier molecular flexibility index (Phi) is 4.11. The van der Waals surface area contributed by atoms with E-state index < -0.39 is 0 Å². The molecular formula is C15H14Cl2N2OS. The minimum Gasteiger partial charge on any atom is -0.459 e. The summed E-state index contributed by atoms with van der Waals surface area (Å²) in [5.74, 6) is 0.996. The molecule has 3 nitrogen and oxygen atoms in total. The number of hydrogen-bond donors (Lipinski definition) is 1. The lowest BCUT2D eigenvalue weighted by Crippen LogP contribution is -1.97. The van der Waals surface area contributed by atoms with Crippen LogP contribution < -0.4 is 5.32 Å². The van der Waals surface area contributed by atoms with Gasteiger partial charge in [-0.3, -0.25) is 0 Å². The molecule has 0 radical (unpaired) electrons. The van der Waals surface area contributed by atoms with Crippen LogP contribution in [0, 0.1) is 6.92 Å². The summed E-state index contributed by atoms with van der Waals surface area (Å²) in [6.45, 7) is 4.79. The van der Waals surface area contributed by atoms with Gasteiger partial charge in [0.15, 0.2) is 10.0 Å². The highest BCUT2D eigenvalue weighted by Gasteiger charge is 2.14.